The quantitative estimate of drug-likeness (QED) is 0.332. The largest absolute Gasteiger partial charge is 0.494 e. The van der Waals surface area contributed by atoms with Gasteiger partial charge < -0.3 is 9.47 Å². The Hall–Kier alpha value is -2.69. The van der Waals surface area contributed by atoms with Gasteiger partial charge in [0, 0.05) is 11.8 Å². The molecule has 0 aromatic heterocycles. The summed E-state index contributed by atoms with van der Waals surface area (Å²) in [7, 11) is 1.31. The number of methoxy groups -OCH3 is 1. The maximum atomic E-state index is 14.8. The summed E-state index contributed by atoms with van der Waals surface area (Å²) in [4.78, 5) is 0. The van der Waals surface area contributed by atoms with Crippen LogP contribution in [0.4, 0.5) is 13.2 Å². The molecule has 2 unspecified atom stereocenters. The topological polar surface area (TPSA) is 18.5 Å². The minimum absolute atomic E-state index is 0.0341. The van der Waals surface area contributed by atoms with E-state index in [1.165, 1.54) is 32.4 Å². The van der Waals surface area contributed by atoms with Crippen molar-refractivity contribution in [3.8, 4) is 11.5 Å². The van der Waals surface area contributed by atoms with Gasteiger partial charge in [0.2, 0.25) is 5.82 Å². The lowest BCUT2D eigenvalue weighted by Gasteiger charge is -2.28. The van der Waals surface area contributed by atoms with Crippen LogP contribution >= 0.6 is 0 Å². The normalized spacial score (nSPS) is 24.2. The van der Waals surface area contributed by atoms with Gasteiger partial charge in [-0.2, -0.15) is 4.39 Å². The molecule has 0 aliphatic heterocycles. The molecule has 4 rings (SSSR count). The fourth-order valence-corrected chi connectivity index (χ4v) is 5.46. The van der Waals surface area contributed by atoms with Crippen LogP contribution in [0, 0.1) is 29.3 Å². The molecule has 2 aliphatic rings. The fraction of sp³-hybridized carbons (Fsp3) is 0.467. The molecule has 35 heavy (non-hydrogen) atoms. The summed E-state index contributed by atoms with van der Waals surface area (Å²) < 4.78 is 54.1. The predicted molar refractivity (Wildman–Crippen MR) is 134 cm³/mol. The highest BCUT2D eigenvalue weighted by Gasteiger charge is 2.25. The van der Waals surface area contributed by atoms with E-state index < -0.39 is 11.6 Å². The second-order valence-electron chi connectivity index (χ2n) is 9.91. The molecule has 1 fully saturated rings. The number of benzene rings is 2. The van der Waals surface area contributed by atoms with Crippen molar-refractivity contribution in [2.75, 3.05) is 13.7 Å². The molecule has 0 spiro atoms. The highest BCUT2D eigenvalue weighted by molar-refractivity contribution is 5.38. The zero-order chi connectivity index (χ0) is 24.8. The molecule has 188 valence electrons. The smallest absolute Gasteiger partial charge is 0.200 e. The van der Waals surface area contributed by atoms with Gasteiger partial charge in [0.15, 0.2) is 23.1 Å². The van der Waals surface area contributed by atoms with Gasteiger partial charge in [-0.05, 0) is 79.7 Å². The SMILES string of the molecule is C=CCCC1CCC(COc2ccc(C3C=CC(c4ccc(OC)c(F)c4F)CC3)cc2F)CC1. The summed E-state index contributed by atoms with van der Waals surface area (Å²) in [5, 5.41) is 0. The molecule has 2 nitrogen and oxygen atoms in total. The van der Waals surface area contributed by atoms with Crippen molar-refractivity contribution in [3.05, 3.63) is 83.7 Å². The van der Waals surface area contributed by atoms with Gasteiger partial charge in [0.05, 0.1) is 13.7 Å². The molecule has 2 aliphatic carbocycles. The van der Waals surface area contributed by atoms with Crippen molar-refractivity contribution in [2.24, 2.45) is 11.8 Å². The molecule has 5 heteroatoms. The molecule has 0 radical (unpaired) electrons. The number of hydrogen-bond donors (Lipinski definition) is 0. The zero-order valence-corrected chi connectivity index (χ0v) is 20.4. The summed E-state index contributed by atoms with van der Waals surface area (Å²) in [5.74, 6) is -0.888. The fourth-order valence-electron chi connectivity index (χ4n) is 5.46. The van der Waals surface area contributed by atoms with Crippen molar-refractivity contribution in [3.63, 3.8) is 0 Å². The molecule has 2 aromatic rings. The minimum atomic E-state index is -0.959. The standard InChI is InChI=1S/C30H35F3O2/c1-3-4-5-20-6-8-21(9-7-20)19-35-27-16-14-24(18-26(27)31)22-10-12-23(13-11-22)25-15-17-28(34-2)30(33)29(25)32/h3,10,12,14-18,20-23H,1,4-9,11,13,19H2,2H3. The van der Waals surface area contributed by atoms with E-state index in [-0.39, 0.29) is 23.4 Å². The van der Waals surface area contributed by atoms with Crippen LogP contribution in [-0.4, -0.2) is 13.7 Å². The predicted octanol–water partition coefficient (Wildman–Crippen LogP) is 8.48. The molecule has 0 bridgehead atoms. The Bertz CT molecular complexity index is 1040. The van der Waals surface area contributed by atoms with Crippen LogP contribution in [0.5, 0.6) is 11.5 Å². The second kappa shape index (κ2) is 11.8. The third-order valence-corrected chi connectivity index (χ3v) is 7.66. The molecule has 0 amide bonds. The average Bonchev–Trinajstić information content (AvgIpc) is 2.89. The third kappa shape index (κ3) is 6.12. The number of rotatable bonds is 9. The number of halogens is 3. The molecule has 2 atom stereocenters. The van der Waals surface area contributed by atoms with Gasteiger partial charge in [-0.15, -0.1) is 6.58 Å². The van der Waals surface area contributed by atoms with Gasteiger partial charge in [0.25, 0.3) is 0 Å². The average molecular weight is 485 g/mol. The minimum Gasteiger partial charge on any atom is -0.494 e. The first kappa shape index (κ1) is 25.4. The second-order valence-corrected chi connectivity index (χ2v) is 9.91. The van der Waals surface area contributed by atoms with Crippen LogP contribution in [0.25, 0.3) is 0 Å². The van der Waals surface area contributed by atoms with Gasteiger partial charge in [0.1, 0.15) is 0 Å². The molecule has 0 N–H and O–H groups in total. The Morgan fingerprint density at radius 1 is 0.857 bits per heavy atom. The van der Waals surface area contributed by atoms with Crippen LogP contribution in [0.2, 0.25) is 0 Å². The highest BCUT2D eigenvalue weighted by Crippen LogP contribution is 2.39. The zero-order valence-electron chi connectivity index (χ0n) is 20.4. The summed E-state index contributed by atoms with van der Waals surface area (Å²) in [6.45, 7) is 4.36. The molecular weight excluding hydrogens is 449 g/mol. The Balaban J connectivity index is 1.32. The summed E-state index contributed by atoms with van der Waals surface area (Å²) in [5.41, 5.74) is 1.19. The highest BCUT2D eigenvalue weighted by atomic mass is 19.2. The van der Waals surface area contributed by atoms with Crippen LogP contribution < -0.4 is 9.47 Å². The van der Waals surface area contributed by atoms with Gasteiger partial charge >= 0.3 is 0 Å². The Morgan fingerprint density at radius 2 is 1.54 bits per heavy atom. The van der Waals surface area contributed by atoms with Crippen LogP contribution in [-0.2, 0) is 0 Å². The molecular formula is C30H35F3O2. The van der Waals surface area contributed by atoms with E-state index >= 15 is 0 Å². The number of allylic oxidation sites excluding steroid dienone is 3. The van der Waals surface area contributed by atoms with Crippen LogP contribution in [0.1, 0.15) is 74.3 Å². The lowest BCUT2D eigenvalue weighted by Crippen LogP contribution is -2.20. The van der Waals surface area contributed by atoms with Crippen molar-refractivity contribution in [1.82, 2.24) is 0 Å². The van der Waals surface area contributed by atoms with Crippen molar-refractivity contribution in [1.29, 1.82) is 0 Å². The monoisotopic (exact) mass is 484 g/mol. The van der Waals surface area contributed by atoms with Gasteiger partial charge in [-0.1, -0.05) is 43.2 Å². The molecule has 0 saturated heterocycles. The van der Waals surface area contributed by atoms with Crippen LogP contribution in [0.15, 0.2) is 55.1 Å². The Kier molecular flexibility index (Phi) is 8.59. The summed E-state index contributed by atoms with van der Waals surface area (Å²) in [6, 6.07) is 8.21. The first-order valence-electron chi connectivity index (χ1n) is 12.7. The van der Waals surface area contributed by atoms with E-state index in [0.29, 0.717) is 30.3 Å². The van der Waals surface area contributed by atoms with Gasteiger partial charge in [-0.3, -0.25) is 0 Å². The first-order chi connectivity index (χ1) is 17.0. The number of hydrogen-bond acceptors (Lipinski definition) is 2. The summed E-state index contributed by atoms with van der Waals surface area (Å²) in [6.07, 6.45) is 14.2. The van der Waals surface area contributed by atoms with Gasteiger partial charge in [-0.25, -0.2) is 8.78 Å². The lowest BCUT2D eigenvalue weighted by atomic mass is 9.80. The maximum Gasteiger partial charge on any atom is 0.200 e. The van der Waals surface area contributed by atoms with Crippen molar-refractivity contribution in [2.45, 2.75) is 63.2 Å². The Morgan fingerprint density at radius 3 is 2.20 bits per heavy atom. The maximum absolute atomic E-state index is 14.8. The van der Waals surface area contributed by atoms with E-state index in [4.69, 9.17) is 9.47 Å². The van der Waals surface area contributed by atoms with E-state index in [1.54, 1.807) is 18.2 Å². The molecule has 2 aromatic carbocycles. The summed E-state index contributed by atoms with van der Waals surface area (Å²) >= 11 is 0. The first-order valence-corrected chi connectivity index (χ1v) is 12.7. The molecule has 0 heterocycles. The van der Waals surface area contributed by atoms with E-state index in [2.05, 4.69) is 6.58 Å². The Labute approximate surface area is 206 Å². The van der Waals surface area contributed by atoms with Crippen molar-refractivity contribution < 1.29 is 22.6 Å². The van der Waals surface area contributed by atoms with E-state index in [9.17, 15) is 13.2 Å². The van der Waals surface area contributed by atoms with Crippen LogP contribution in [0.3, 0.4) is 0 Å². The lowest BCUT2D eigenvalue weighted by molar-refractivity contribution is 0.175. The molecule has 1 saturated carbocycles. The number of ether oxygens (including phenoxy) is 2. The van der Waals surface area contributed by atoms with E-state index in [0.717, 1.165) is 37.2 Å². The third-order valence-electron chi connectivity index (χ3n) is 7.66. The van der Waals surface area contributed by atoms with E-state index in [1.807, 2.05) is 24.3 Å². The van der Waals surface area contributed by atoms with Crippen molar-refractivity contribution >= 4 is 0 Å².